The lowest BCUT2D eigenvalue weighted by Gasteiger charge is -2.18. The third kappa shape index (κ3) is 38.5. The van der Waals surface area contributed by atoms with Crippen molar-refractivity contribution in [3.8, 4) is 0 Å². The van der Waals surface area contributed by atoms with Crippen LogP contribution < -0.4 is 5.73 Å². The summed E-state index contributed by atoms with van der Waals surface area (Å²) in [6.45, 7) is 10.1. The molecule has 0 aromatic heterocycles. The number of hydrogen-bond donors (Lipinski definition) is 1. The molecular weight excluding hydrogens is 477 g/mol. The molecule has 2 heteroatoms. The normalized spacial score (nSPS) is 11.2. The van der Waals surface area contributed by atoms with E-state index in [1.54, 1.807) is 18.5 Å². The van der Waals surface area contributed by atoms with Gasteiger partial charge in [0, 0.05) is 0 Å². The van der Waals surface area contributed by atoms with Crippen LogP contribution >= 0.6 is 7.92 Å². The smallest absolute Gasteiger partial charge is 0.00773 e. The van der Waals surface area contributed by atoms with E-state index >= 15 is 0 Å². The van der Waals surface area contributed by atoms with Gasteiger partial charge in [-0.05, 0) is 50.7 Å². The van der Waals surface area contributed by atoms with Gasteiger partial charge in [0.15, 0.2) is 0 Å². The topological polar surface area (TPSA) is 26.0 Å². The predicted octanol–water partition coefficient (Wildman–Crippen LogP) is 13.4. The molecule has 38 heavy (non-hydrogen) atoms. The Morgan fingerprint density at radius 2 is 0.500 bits per heavy atom. The predicted molar refractivity (Wildman–Crippen MR) is 183 cm³/mol. The maximum Gasteiger partial charge on any atom is -0.00773 e. The van der Waals surface area contributed by atoms with E-state index in [9.17, 15) is 0 Å². The van der Waals surface area contributed by atoms with E-state index < -0.39 is 0 Å². The second kappa shape index (κ2) is 39.5. The van der Waals surface area contributed by atoms with Crippen molar-refractivity contribution in [2.75, 3.05) is 25.0 Å². The largest absolute Gasteiger partial charge is 0.330 e. The lowest BCUT2D eigenvalue weighted by molar-refractivity contribution is 0.558. The molecule has 0 amide bonds. The first kappa shape index (κ1) is 40.5. The van der Waals surface area contributed by atoms with Gasteiger partial charge in [0.2, 0.25) is 0 Å². The fourth-order valence-corrected chi connectivity index (χ4v) is 8.00. The summed E-state index contributed by atoms with van der Waals surface area (Å²) >= 11 is 0. The molecule has 0 bridgehead atoms. The highest BCUT2D eigenvalue weighted by Crippen LogP contribution is 2.39. The van der Waals surface area contributed by atoms with E-state index in [1.807, 2.05) is 0 Å². The zero-order valence-electron chi connectivity index (χ0n) is 27.7. The summed E-state index contributed by atoms with van der Waals surface area (Å²) in [7, 11) is 0.366. The van der Waals surface area contributed by atoms with Gasteiger partial charge in [-0.25, -0.2) is 0 Å². The molecule has 2 N–H and O–H groups in total. The van der Waals surface area contributed by atoms with E-state index in [-0.39, 0.29) is 0 Å². The van der Waals surface area contributed by atoms with E-state index in [0.29, 0.717) is 7.92 Å². The second-order valence-electron chi connectivity index (χ2n) is 12.1. The van der Waals surface area contributed by atoms with E-state index in [0.717, 1.165) is 6.54 Å². The summed E-state index contributed by atoms with van der Waals surface area (Å²) in [5, 5.41) is 0. The highest BCUT2D eigenvalue weighted by atomic mass is 31.1. The quantitative estimate of drug-likeness (QED) is 0.0668. The van der Waals surface area contributed by atoms with Crippen molar-refractivity contribution in [1.29, 1.82) is 0 Å². The fraction of sp³-hybridized carbons (Fsp3) is 1.00. The zero-order valence-corrected chi connectivity index (χ0v) is 28.5. The highest BCUT2D eigenvalue weighted by Gasteiger charge is 2.08. The Bertz CT molecular complexity index is 324. The van der Waals surface area contributed by atoms with Crippen LogP contribution in [0, 0.1) is 0 Å². The molecule has 0 aliphatic rings. The summed E-state index contributed by atoms with van der Waals surface area (Å²) in [5.41, 5.74) is 5.42. The van der Waals surface area contributed by atoms with Gasteiger partial charge in [0.25, 0.3) is 0 Å². The minimum absolute atomic E-state index is 0.366. The second-order valence-corrected chi connectivity index (χ2v) is 14.8. The molecule has 0 spiro atoms. The van der Waals surface area contributed by atoms with Crippen LogP contribution in [0.2, 0.25) is 0 Å². The van der Waals surface area contributed by atoms with Crippen LogP contribution in [0.4, 0.5) is 0 Å². The Labute approximate surface area is 245 Å². The average molecular weight is 556 g/mol. The molecule has 0 rings (SSSR count). The van der Waals surface area contributed by atoms with Crippen molar-refractivity contribution in [3.63, 3.8) is 0 Å². The first-order valence-electron chi connectivity index (χ1n) is 18.2. The first-order chi connectivity index (χ1) is 18.8. The number of rotatable bonds is 31. The summed E-state index contributed by atoms with van der Waals surface area (Å²) in [5.74, 6) is 0. The van der Waals surface area contributed by atoms with Gasteiger partial charge in [0.1, 0.15) is 0 Å². The van der Waals surface area contributed by atoms with Gasteiger partial charge in [0.05, 0.1) is 0 Å². The Morgan fingerprint density at radius 1 is 0.289 bits per heavy atom. The Balaban J connectivity index is 0. The molecule has 0 fully saturated rings. The zero-order chi connectivity index (χ0) is 28.2. The third-order valence-corrected chi connectivity index (χ3v) is 10.9. The highest BCUT2D eigenvalue weighted by molar-refractivity contribution is 7.57. The molecule has 0 heterocycles. The molecule has 0 unspecified atom stereocenters. The third-order valence-electron chi connectivity index (χ3n) is 8.04. The lowest BCUT2D eigenvalue weighted by Crippen LogP contribution is -1.97. The van der Waals surface area contributed by atoms with Gasteiger partial charge in [-0.1, -0.05) is 182 Å². The molecule has 0 aromatic rings. The SMILES string of the molecule is CCCCCCCCCCCCN.CCCCCCCCP(CCCCCCCC)CCCCCCCC. The average Bonchev–Trinajstić information content (AvgIpc) is 2.93. The molecule has 1 nitrogen and oxygen atoms in total. The monoisotopic (exact) mass is 556 g/mol. The van der Waals surface area contributed by atoms with Gasteiger partial charge in [-0.15, -0.1) is 7.92 Å². The Morgan fingerprint density at radius 3 is 0.737 bits per heavy atom. The molecular formula is C36H78NP. The van der Waals surface area contributed by atoms with Crippen LogP contribution in [0.25, 0.3) is 0 Å². The van der Waals surface area contributed by atoms with Crippen molar-refractivity contribution in [3.05, 3.63) is 0 Å². The molecule has 0 radical (unpaired) electrons. The van der Waals surface area contributed by atoms with Crippen LogP contribution in [-0.2, 0) is 0 Å². The first-order valence-corrected chi connectivity index (χ1v) is 20.1. The van der Waals surface area contributed by atoms with Crippen LogP contribution in [0.3, 0.4) is 0 Å². The molecule has 0 aliphatic heterocycles. The summed E-state index contributed by atoms with van der Waals surface area (Å²) in [4.78, 5) is 0. The van der Waals surface area contributed by atoms with E-state index in [2.05, 4.69) is 27.7 Å². The maximum atomic E-state index is 5.42. The van der Waals surface area contributed by atoms with Crippen molar-refractivity contribution < 1.29 is 0 Å². The van der Waals surface area contributed by atoms with E-state index in [4.69, 9.17) is 5.73 Å². The van der Waals surface area contributed by atoms with Crippen LogP contribution in [0.5, 0.6) is 0 Å². The van der Waals surface area contributed by atoms with Crippen molar-refractivity contribution >= 4 is 7.92 Å². The lowest BCUT2D eigenvalue weighted by atomic mass is 10.1. The molecule has 0 saturated carbocycles. The molecule has 232 valence electrons. The molecule has 0 aromatic carbocycles. The Hall–Kier alpha value is 0.390. The van der Waals surface area contributed by atoms with Gasteiger partial charge >= 0.3 is 0 Å². The van der Waals surface area contributed by atoms with Gasteiger partial charge < -0.3 is 5.73 Å². The summed E-state index contributed by atoms with van der Waals surface area (Å²) < 4.78 is 0. The maximum absolute atomic E-state index is 5.42. The van der Waals surface area contributed by atoms with E-state index in [1.165, 1.54) is 180 Å². The minimum Gasteiger partial charge on any atom is -0.330 e. The number of hydrogen-bond acceptors (Lipinski definition) is 1. The summed E-state index contributed by atoms with van der Waals surface area (Å²) in [6.07, 6.45) is 45.2. The van der Waals surface area contributed by atoms with Gasteiger partial charge in [-0.2, -0.15) is 0 Å². The fourth-order valence-electron chi connectivity index (χ4n) is 5.31. The molecule has 0 atom stereocenters. The molecule has 0 saturated heterocycles. The number of nitrogens with two attached hydrogens (primary N) is 1. The van der Waals surface area contributed by atoms with Crippen LogP contribution in [0.15, 0.2) is 0 Å². The Kier molecular flexibility index (Phi) is 42.2. The summed E-state index contributed by atoms with van der Waals surface area (Å²) in [6, 6.07) is 0. The van der Waals surface area contributed by atoms with Crippen molar-refractivity contribution in [2.24, 2.45) is 5.73 Å². The number of unbranched alkanes of at least 4 members (excludes halogenated alkanes) is 24. The molecule has 0 aliphatic carbocycles. The van der Waals surface area contributed by atoms with Crippen molar-refractivity contribution in [1.82, 2.24) is 0 Å². The van der Waals surface area contributed by atoms with Gasteiger partial charge in [-0.3, -0.25) is 0 Å². The minimum atomic E-state index is 0.366. The van der Waals surface area contributed by atoms with Crippen molar-refractivity contribution in [2.45, 2.75) is 207 Å². The standard InChI is InChI=1S/C24H51P.C12H27N/c1-4-7-10-13-16-19-22-25(23-20-17-14-11-8-5-2)24-21-18-15-12-9-6-3;1-2-3-4-5-6-7-8-9-10-11-12-13/h4-24H2,1-3H3;2-13H2,1H3. The van der Waals surface area contributed by atoms with Crippen LogP contribution in [-0.4, -0.2) is 25.0 Å². The van der Waals surface area contributed by atoms with Crippen LogP contribution in [0.1, 0.15) is 207 Å².